The molecule has 0 bridgehead atoms. The van der Waals surface area contributed by atoms with Crippen LogP contribution < -0.4 is 0 Å². The molecule has 6 nitrogen and oxygen atoms in total. The lowest BCUT2D eigenvalue weighted by Gasteiger charge is -2.40. The van der Waals surface area contributed by atoms with Crippen molar-refractivity contribution in [2.75, 3.05) is 13.1 Å². The maximum atomic E-state index is 11.8. The monoisotopic (exact) mass is 259 g/mol. The second-order valence-electron chi connectivity index (χ2n) is 5.81. The van der Waals surface area contributed by atoms with Crippen LogP contribution >= 0.6 is 0 Å². The summed E-state index contributed by atoms with van der Waals surface area (Å²) in [5.74, 6) is -1.77. The number of ether oxygens (including phenoxy) is 1. The van der Waals surface area contributed by atoms with Crippen molar-refractivity contribution in [3.63, 3.8) is 0 Å². The topological polar surface area (TPSA) is 87.1 Å². The highest BCUT2D eigenvalue weighted by Crippen LogP contribution is 2.28. The Hall–Kier alpha value is -1.30. The molecule has 2 atom stereocenters. The fourth-order valence-corrected chi connectivity index (χ4v) is 1.93. The molecule has 1 heterocycles. The van der Waals surface area contributed by atoms with Gasteiger partial charge in [-0.1, -0.05) is 6.92 Å². The van der Waals surface area contributed by atoms with Crippen LogP contribution in [0.3, 0.4) is 0 Å². The average Bonchev–Trinajstić information content (AvgIpc) is 2.19. The summed E-state index contributed by atoms with van der Waals surface area (Å²) in [4.78, 5) is 24.3. The number of hydrogen-bond donors (Lipinski definition) is 2. The Labute approximate surface area is 107 Å². The number of carbonyl (C=O) groups is 2. The molecule has 104 valence electrons. The first-order valence-corrected chi connectivity index (χ1v) is 6.00. The number of likely N-dealkylation sites (tertiary alicyclic amines) is 1. The summed E-state index contributed by atoms with van der Waals surface area (Å²) in [6.07, 6.45) is -0.454. The Morgan fingerprint density at radius 1 is 1.39 bits per heavy atom. The van der Waals surface area contributed by atoms with E-state index in [0.29, 0.717) is 0 Å². The molecule has 1 rings (SSSR count). The van der Waals surface area contributed by atoms with Gasteiger partial charge in [-0.25, -0.2) is 9.59 Å². The molecule has 1 fully saturated rings. The van der Waals surface area contributed by atoms with Gasteiger partial charge in [-0.15, -0.1) is 0 Å². The Bertz CT molecular complexity index is 349. The third-order valence-electron chi connectivity index (χ3n) is 3.09. The molecule has 1 aliphatic heterocycles. The minimum Gasteiger partial charge on any atom is -0.479 e. The number of carboxylic acids is 1. The van der Waals surface area contributed by atoms with Crippen LogP contribution in [-0.2, 0) is 9.53 Å². The van der Waals surface area contributed by atoms with Crippen LogP contribution in [0.15, 0.2) is 0 Å². The fourth-order valence-electron chi connectivity index (χ4n) is 1.93. The van der Waals surface area contributed by atoms with Crippen LogP contribution in [0, 0.1) is 5.92 Å². The van der Waals surface area contributed by atoms with Gasteiger partial charge >= 0.3 is 12.1 Å². The van der Waals surface area contributed by atoms with Gasteiger partial charge in [0.1, 0.15) is 5.60 Å². The summed E-state index contributed by atoms with van der Waals surface area (Å²) in [6.45, 7) is 7.29. The Morgan fingerprint density at radius 2 is 1.94 bits per heavy atom. The van der Waals surface area contributed by atoms with E-state index in [1.807, 2.05) is 0 Å². The number of amides is 1. The van der Waals surface area contributed by atoms with E-state index in [1.54, 1.807) is 27.7 Å². The van der Waals surface area contributed by atoms with Gasteiger partial charge < -0.3 is 19.8 Å². The first-order chi connectivity index (χ1) is 8.06. The number of aliphatic hydroxyl groups is 1. The third kappa shape index (κ3) is 3.13. The van der Waals surface area contributed by atoms with Crippen LogP contribution in [0.4, 0.5) is 4.79 Å². The summed E-state index contributed by atoms with van der Waals surface area (Å²) in [5.41, 5.74) is -2.33. The lowest BCUT2D eigenvalue weighted by atomic mass is 9.82. The molecular formula is C12H21NO5. The van der Waals surface area contributed by atoms with Gasteiger partial charge in [-0.3, -0.25) is 0 Å². The minimum atomic E-state index is -1.75. The zero-order valence-electron chi connectivity index (χ0n) is 11.3. The largest absolute Gasteiger partial charge is 0.479 e. The van der Waals surface area contributed by atoms with Crippen molar-refractivity contribution < 1.29 is 24.5 Å². The highest BCUT2D eigenvalue weighted by Gasteiger charge is 2.46. The van der Waals surface area contributed by atoms with Gasteiger partial charge in [-0.2, -0.15) is 0 Å². The summed E-state index contributed by atoms with van der Waals surface area (Å²) >= 11 is 0. The van der Waals surface area contributed by atoms with Crippen molar-refractivity contribution in [3.8, 4) is 0 Å². The summed E-state index contributed by atoms with van der Waals surface area (Å²) in [6, 6.07) is 0. The van der Waals surface area contributed by atoms with Crippen LogP contribution in [0.1, 0.15) is 34.1 Å². The Balaban J connectivity index is 2.67. The highest BCUT2D eigenvalue weighted by atomic mass is 16.6. The average molecular weight is 259 g/mol. The number of piperidine rings is 1. The predicted molar refractivity (Wildman–Crippen MR) is 64.2 cm³/mol. The van der Waals surface area contributed by atoms with Gasteiger partial charge in [-0.05, 0) is 20.8 Å². The molecule has 18 heavy (non-hydrogen) atoms. The molecule has 2 N–H and O–H groups in total. The van der Waals surface area contributed by atoms with Crippen molar-refractivity contribution in [2.24, 2.45) is 5.92 Å². The standard InChI is InChI=1S/C12H21NO5/c1-8-7-13(10(16)18-11(2,3)4)6-5-12(8,17)9(14)15/h8,17H,5-7H2,1-4H3,(H,14,15)/t8-,12-/m1/s1. The van der Waals surface area contributed by atoms with E-state index in [-0.39, 0.29) is 19.5 Å². The van der Waals surface area contributed by atoms with Gasteiger partial charge in [0.05, 0.1) is 0 Å². The summed E-state index contributed by atoms with van der Waals surface area (Å²) in [5, 5.41) is 19.0. The quantitative estimate of drug-likeness (QED) is 0.735. The summed E-state index contributed by atoms with van der Waals surface area (Å²) < 4.78 is 5.21. The lowest BCUT2D eigenvalue weighted by molar-refractivity contribution is -0.170. The predicted octanol–water partition coefficient (Wildman–Crippen LogP) is 1.08. The third-order valence-corrected chi connectivity index (χ3v) is 3.09. The molecule has 0 aliphatic carbocycles. The van der Waals surface area contributed by atoms with Crippen molar-refractivity contribution in [2.45, 2.75) is 45.3 Å². The minimum absolute atomic E-state index is 0.0166. The van der Waals surface area contributed by atoms with Gasteiger partial charge in [0, 0.05) is 25.4 Å². The van der Waals surface area contributed by atoms with E-state index in [1.165, 1.54) is 4.90 Å². The molecule has 0 spiro atoms. The number of carbonyl (C=O) groups excluding carboxylic acids is 1. The maximum Gasteiger partial charge on any atom is 0.410 e. The fraction of sp³-hybridized carbons (Fsp3) is 0.833. The second-order valence-corrected chi connectivity index (χ2v) is 5.81. The van der Waals surface area contributed by atoms with E-state index < -0.39 is 29.2 Å². The van der Waals surface area contributed by atoms with Crippen molar-refractivity contribution >= 4 is 12.1 Å². The molecule has 0 radical (unpaired) electrons. The van der Waals surface area contributed by atoms with Crippen LogP contribution in [0.5, 0.6) is 0 Å². The molecule has 0 aromatic carbocycles. The molecular weight excluding hydrogens is 238 g/mol. The van der Waals surface area contributed by atoms with E-state index in [4.69, 9.17) is 9.84 Å². The summed E-state index contributed by atoms with van der Waals surface area (Å²) in [7, 11) is 0. The van der Waals surface area contributed by atoms with E-state index >= 15 is 0 Å². The van der Waals surface area contributed by atoms with Crippen molar-refractivity contribution in [1.82, 2.24) is 4.90 Å². The van der Waals surface area contributed by atoms with E-state index in [2.05, 4.69) is 0 Å². The number of hydrogen-bond acceptors (Lipinski definition) is 4. The molecule has 1 amide bonds. The molecule has 1 aliphatic rings. The molecule has 0 saturated carbocycles. The van der Waals surface area contributed by atoms with Crippen molar-refractivity contribution in [3.05, 3.63) is 0 Å². The van der Waals surface area contributed by atoms with Gasteiger partial charge in [0.15, 0.2) is 5.60 Å². The van der Waals surface area contributed by atoms with Gasteiger partial charge in [0.2, 0.25) is 0 Å². The van der Waals surface area contributed by atoms with Gasteiger partial charge in [0.25, 0.3) is 0 Å². The first kappa shape index (κ1) is 14.8. The van der Waals surface area contributed by atoms with E-state index in [9.17, 15) is 14.7 Å². The van der Waals surface area contributed by atoms with Crippen molar-refractivity contribution in [1.29, 1.82) is 0 Å². The molecule has 6 heteroatoms. The van der Waals surface area contributed by atoms with E-state index in [0.717, 1.165) is 0 Å². The Morgan fingerprint density at radius 3 is 2.33 bits per heavy atom. The molecule has 1 saturated heterocycles. The van der Waals surface area contributed by atoms with Crippen LogP contribution in [0.25, 0.3) is 0 Å². The molecule has 0 aromatic rings. The zero-order valence-corrected chi connectivity index (χ0v) is 11.3. The highest BCUT2D eigenvalue weighted by molar-refractivity contribution is 5.78. The first-order valence-electron chi connectivity index (χ1n) is 6.00. The zero-order chi connectivity index (χ0) is 14.1. The maximum absolute atomic E-state index is 11.8. The number of aliphatic carboxylic acids is 1. The number of nitrogens with zero attached hydrogens (tertiary/aromatic N) is 1. The lowest BCUT2D eigenvalue weighted by Crippen LogP contribution is -2.57. The number of rotatable bonds is 1. The van der Waals surface area contributed by atoms with Crippen LogP contribution in [-0.4, -0.2) is 51.5 Å². The Kier molecular flexibility index (Phi) is 3.90. The molecule has 0 unspecified atom stereocenters. The second kappa shape index (κ2) is 4.76. The molecule has 0 aromatic heterocycles. The smallest absolute Gasteiger partial charge is 0.410 e. The number of carboxylic acid groups (broad SMARTS) is 1. The van der Waals surface area contributed by atoms with Crippen LogP contribution in [0.2, 0.25) is 0 Å². The SMILES string of the molecule is C[C@@H]1CN(C(=O)OC(C)(C)C)CC[C@]1(O)C(=O)O. The normalized spacial score (nSPS) is 28.9.